The fraction of sp³-hybridized carbons (Fsp3) is 0.318. The molecule has 0 bridgehead atoms. The first-order chi connectivity index (χ1) is 12.7. The van der Waals surface area contributed by atoms with Gasteiger partial charge < -0.3 is 14.2 Å². The average Bonchev–Trinajstić information content (AvgIpc) is 2.68. The molecule has 138 valence electrons. The van der Waals surface area contributed by atoms with Crippen molar-refractivity contribution in [3.05, 3.63) is 60.2 Å². The van der Waals surface area contributed by atoms with E-state index in [4.69, 9.17) is 14.2 Å². The van der Waals surface area contributed by atoms with E-state index in [1.54, 1.807) is 37.5 Å². The Labute approximate surface area is 155 Å². The van der Waals surface area contributed by atoms with Gasteiger partial charge in [0.1, 0.15) is 17.2 Å². The lowest BCUT2D eigenvalue weighted by Gasteiger charge is -2.06. The van der Waals surface area contributed by atoms with E-state index >= 15 is 0 Å². The number of benzene rings is 2. The number of ether oxygens (including phenoxy) is 3. The zero-order valence-electron chi connectivity index (χ0n) is 15.4. The van der Waals surface area contributed by atoms with Gasteiger partial charge in [-0.15, -0.1) is 0 Å². The van der Waals surface area contributed by atoms with E-state index < -0.39 is 5.97 Å². The van der Waals surface area contributed by atoms with Crippen molar-refractivity contribution in [1.29, 1.82) is 0 Å². The molecule has 0 aliphatic heterocycles. The smallest absolute Gasteiger partial charge is 0.336 e. The van der Waals surface area contributed by atoms with E-state index in [1.165, 1.54) is 25.3 Å². The summed E-state index contributed by atoms with van der Waals surface area (Å²) >= 11 is 0. The lowest BCUT2D eigenvalue weighted by molar-refractivity contribution is -0.128. The molecule has 0 aliphatic carbocycles. The number of unbranched alkanes of at least 4 members (excludes halogenated alkanes) is 3. The Morgan fingerprint density at radius 1 is 0.885 bits per heavy atom. The van der Waals surface area contributed by atoms with E-state index in [0.717, 1.165) is 24.3 Å². The highest BCUT2D eigenvalue weighted by atomic mass is 16.5. The van der Waals surface area contributed by atoms with Crippen LogP contribution in [-0.2, 0) is 4.79 Å². The van der Waals surface area contributed by atoms with Crippen LogP contribution < -0.4 is 14.2 Å². The van der Waals surface area contributed by atoms with Gasteiger partial charge in [-0.2, -0.15) is 0 Å². The summed E-state index contributed by atoms with van der Waals surface area (Å²) in [6.45, 7) is 2.93. The van der Waals surface area contributed by atoms with Crippen molar-refractivity contribution in [2.75, 3.05) is 13.7 Å². The lowest BCUT2D eigenvalue weighted by atomic mass is 10.2. The molecule has 2 aromatic rings. The molecule has 0 radical (unpaired) electrons. The molecule has 0 spiro atoms. The first-order valence-corrected chi connectivity index (χ1v) is 8.98. The minimum Gasteiger partial charge on any atom is -0.497 e. The Morgan fingerprint density at radius 3 is 2.19 bits per heavy atom. The number of hydrogen-bond donors (Lipinski definition) is 0. The molecule has 0 aliphatic rings. The minimum absolute atomic E-state index is 0.425. The third-order valence-electron chi connectivity index (χ3n) is 3.84. The summed E-state index contributed by atoms with van der Waals surface area (Å²) in [6, 6.07) is 14.5. The molecule has 0 atom stereocenters. The zero-order valence-corrected chi connectivity index (χ0v) is 15.4. The first kappa shape index (κ1) is 19.6. The fourth-order valence-corrected chi connectivity index (χ4v) is 2.35. The van der Waals surface area contributed by atoms with E-state index in [-0.39, 0.29) is 0 Å². The highest BCUT2D eigenvalue weighted by Crippen LogP contribution is 2.18. The summed E-state index contributed by atoms with van der Waals surface area (Å²) in [6.07, 6.45) is 7.88. The fourth-order valence-electron chi connectivity index (χ4n) is 2.35. The van der Waals surface area contributed by atoms with Gasteiger partial charge in [0, 0.05) is 6.08 Å². The Kier molecular flexibility index (Phi) is 8.27. The number of rotatable bonds is 10. The summed E-state index contributed by atoms with van der Waals surface area (Å²) in [5.41, 5.74) is 0.912. The van der Waals surface area contributed by atoms with Crippen LogP contribution in [0.3, 0.4) is 0 Å². The Balaban J connectivity index is 1.78. The van der Waals surface area contributed by atoms with E-state index in [2.05, 4.69) is 6.92 Å². The largest absolute Gasteiger partial charge is 0.497 e. The maximum Gasteiger partial charge on any atom is 0.336 e. The number of methoxy groups -OCH3 is 1. The quantitative estimate of drug-likeness (QED) is 0.252. The van der Waals surface area contributed by atoms with E-state index in [1.807, 2.05) is 24.3 Å². The second-order valence-corrected chi connectivity index (χ2v) is 5.91. The van der Waals surface area contributed by atoms with Gasteiger partial charge in [-0.05, 0) is 54.5 Å². The Morgan fingerprint density at radius 2 is 1.54 bits per heavy atom. The van der Waals surface area contributed by atoms with Crippen LogP contribution >= 0.6 is 0 Å². The molecule has 0 N–H and O–H groups in total. The summed E-state index contributed by atoms with van der Waals surface area (Å²) in [7, 11) is 1.59. The number of hydrogen-bond acceptors (Lipinski definition) is 4. The molecule has 0 saturated heterocycles. The first-order valence-electron chi connectivity index (χ1n) is 8.98. The van der Waals surface area contributed by atoms with Crippen molar-refractivity contribution in [1.82, 2.24) is 0 Å². The molecule has 0 heterocycles. The zero-order chi connectivity index (χ0) is 18.6. The SMILES string of the molecule is CCCCCCOc1ccc(/C=C/C(=O)Oc2ccc(OC)cc2)cc1. The summed E-state index contributed by atoms with van der Waals surface area (Å²) in [5.74, 6) is 1.62. The van der Waals surface area contributed by atoms with Crippen LogP contribution in [0.1, 0.15) is 38.2 Å². The van der Waals surface area contributed by atoms with Crippen LogP contribution in [0.2, 0.25) is 0 Å². The topological polar surface area (TPSA) is 44.8 Å². The van der Waals surface area contributed by atoms with Crippen LogP contribution in [0.5, 0.6) is 17.2 Å². The van der Waals surface area contributed by atoms with Crippen molar-refractivity contribution in [2.24, 2.45) is 0 Å². The second-order valence-electron chi connectivity index (χ2n) is 5.91. The van der Waals surface area contributed by atoms with E-state index in [0.29, 0.717) is 11.5 Å². The standard InChI is InChI=1S/C22H26O4/c1-3-4-5-6-17-25-20-10-7-18(8-11-20)9-16-22(23)26-21-14-12-19(24-2)13-15-21/h7-16H,3-6,17H2,1-2H3/b16-9+. The Hall–Kier alpha value is -2.75. The average molecular weight is 354 g/mol. The second kappa shape index (κ2) is 11.0. The highest BCUT2D eigenvalue weighted by molar-refractivity contribution is 5.88. The van der Waals surface area contributed by atoms with Crippen LogP contribution in [-0.4, -0.2) is 19.7 Å². The van der Waals surface area contributed by atoms with Gasteiger partial charge in [0.25, 0.3) is 0 Å². The van der Waals surface area contributed by atoms with E-state index in [9.17, 15) is 4.79 Å². The van der Waals surface area contributed by atoms with Gasteiger partial charge in [-0.25, -0.2) is 4.79 Å². The molecule has 0 aromatic heterocycles. The highest BCUT2D eigenvalue weighted by Gasteiger charge is 2.01. The normalized spacial score (nSPS) is 10.7. The molecule has 4 heteroatoms. The van der Waals surface area contributed by atoms with Gasteiger partial charge in [-0.1, -0.05) is 38.3 Å². The van der Waals surface area contributed by atoms with Crippen LogP contribution in [0, 0.1) is 0 Å². The summed E-state index contributed by atoms with van der Waals surface area (Å²) in [4.78, 5) is 11.9. The monoisotopic (exact) mass is 354 g/mol. The predicted molar refractivity (Wildman–Crippen MR) is 104 cm³/mol. The number of carbonyl (C=O) groups excluding carboxylic acids is 1. The van der Waals surface area contributed by atoms with Crippen LogP contribution in [0.25, 0.3) is 6.08 Å². The molecule has 4 nitrogen and oxygen atoms in total. The third-order valence-corrected chi connectivity index (χ3v) is 3.84. The van der Waals surface area contributed by atoms with Gasteiger partial charge in [0.2, 0.25) is 0 Å². The van der Waals surface area contributed by atoms with Gasteiger partial charge >= 0.3 is 5.97 Å². The molecule has 2 aromatic carbocycles. The van der Waals surface area contributed by atoms with Gasteiger partial charge in [0.05, 0.1) is 13.7 Å². The molecular weight excluding hydrogens is 328 g/mol. The molecule has 2 rings (SSSR count). The Bertz CT molecular complexity index is 687. The van der Waals surface area contributed by atoms with Gasteiger partial charge in [0.15, 0.2) is 0 Å². The maximum atomic E-state index is 11.9. The molecule has 0 unspecified atom stereocenters. The number of carbonyl (C=O) groups is 1. The number of esters is 1. The molecular formula is C22H26O4. The minimum atomic E-state index is -0.425. The predicted octanol–water partition coefficient (Wildman–Crippen LogP) is 5.27. The van der Waals surface area contributed by atoms with Crippen molar-refractivity contribution in [2.45, 2.75) is 32.6 Å². The van der Waals surface area contributed by atoms with Crippen molar-refractivity contribution < 1.29 is 19.0 Å². The summed E-state index contributed by atoms with van der Waals surface area (Å²) in [5, 5.41) is 0. The third kappa shape index (κ3) is 7.01. The van der Waals surface area contributed by atoms with Crippen LogP contribution in [0.15, 0.2) is 54.6 Å². The van der Waals surface area contributed by atoms with Crippen molar-refractivity contribution >= 4 is 12.0 Å². The van der Waals surface area contributed by atoms with Crippen molar-refractivity contribution in [3.8, 4) is 17.2 Å². The lowest BCUT2D eigenvalue weighted by Crippen LogP contribution is -2.03. The summed E-state index contributed by atoms with van der Waals surface area (Å²) < 4.78 is 16.0. The maximum absolute atomic E-state index is 11.9. The van der Waals surface area contributed by atoms with Crippen LogP contribution in [0.4, 0.5) is 0 Å². The molecule has 26 heavy (non-hydrogen) atoms. The van der Waals surface area contributed by atoms with Gasteiger partial charge in [-0.3, -0.25) is 0 Å². The molecule has 0 fully saturated rings. The molecule has 0 amide bonds. The van der Waals surface area contributed by atoms with Crippen molar-refractivity contribution in [3.63, 3.8) is 0 Å². The molecule has 0 saturated carbocycles.